The van der Waals surface area contributed by atoms with Crippen LogP contribution in [0.2, 0.25) is 0 Å². The smallest absolute Gasteiger partial charge is 0.231 e. The van der Waals surface area contributed by atoms with E-state index in [4.69, 9.17) is 9.47 Å². The van der Waals surface area contributed by atoms with Crippen molar-refractivity contribution in [2.45, 2.75) is 25.9 Å². The third-order valence-corrected chi connectivity index (χ3v) is 5.83. The molecule has 0 aliphatic carbocycles. The third-order valence-electron chi connectivity index (χ3n) is 4.56. The fourth-order valence-corrected chi connectivity index (χ4v) is 4.56. The minimum atomic E-state index is 0.325. The van der Waals surface area contributed by atoms with E-state index in [2.05, 4.69) is 55.1 Å². The van der Waals surface area contributed by atoms with Crippen molar-refractivity contribution < 1.29 is 9.47 Å². The minimum Gasteiger partial charge on any atom is -0.454 e. The number of nitrogens with zero attached hydrogens (tertiary/aromatic N) is 1. The van der Waals surface area contributed by atoms with Crippen molar-refractivity contribution in [3.63, 3.8) is 0 Å². The molecule has 4 rings (SSSR count). The third kappa shape index (κ3) is 2.76. The van der Waals surface area contributed by atoms with Crippen molar-refractivity contribution in [2.75, 3.05) is 23.2 Å². The molecule has 1 saturated heterocycles. The lowest BCUT2D eigenvalue weighted by Crippen LogP contribution is -2.43. The Kier molecular flexibility index (Phi) is 3.85. The van der Waals surface area contributed by atoms with Crippen LogP contribution in [-0.2, 0) is 0 Å². The van der Waals surface area contributed by atoms with E-state index in [1.54, 1.807) is 0 Å². The summed E-state index contributed by atoms with van der Waals surface area (Å²) in [5.74, 6) is 3.97. The van der Waals surface area contributed by atoms with Gasteiger partial charge in [-0.05, 0) is 31.5 Å². The zero-order valence-electron chi connectivity index (χ0n) is 13.5. The number of thioether (sulfide) groups is 1. The second-order valence-electron chi connectivity index (χ2n) is 6.26. The van der Waals surface area contributed by atoms with Gasteiger partial charge in [0, 0.05) is 29.3 Å². The molecule has 0 amide bonds. The number of ether oxygens (including phenoxy) is 2. The maximum Gasteiger partial charge on any atom is 0.231 e. The van der Waals surface area contributed by atoms with Gasteiger partial charge in [0.1, 0.15) is 0 Å². The molecule has 0 radical (unpaired) electrons. The van der Waals surface area contributed by atoms with Gasteiger partial charge < -0.3 is 14.4 Å². The van der Waals surface area contributed by atoms with Crippen molar-refractivity contribution in [2.24, 2.45) is 0 Å². The standard InChI is InChI=1S/C19H21NO2S/c1-13-3-5-15(6-4-13)17-11-23-10-14(2)20(17)16-7-8-18-19(9-16)22-12-21-18/h3-9,14,17H,10-12H2,1-2H3. The molecule has 0 spiro atoms. The number of hydrogen-bond acceptors (Lipinski definition) is 4. The van der Waals surface area contributed by atoms with Gasteiger partial charge >= 0.3 is 0 Å². The molecule has 2 aromatic carbocycles. The summed E-state index contributed by atoms with van der Waals surface area (Å²) in [6, 6.07) is 16.1. The van der Waals surface area contributed by atoms with Crippen LogP contribution in [0.5, 0.6) is 11.5 Å². The van der Waals surface area contributed by atoms with Crippen LogP contribution in [0.3, 0.4) is 0 Å². The molecule has 2 aromatic rings. The molecule has 3 nitrogen and oxygen atoms in total. The molecule has 1 fully saturated rings. The first-order valence-corrected chi connectivity index (χ1v) is 9.20. The van der Waals surface area contributed by atoms with Crippen LogP contribution in [0, 0.1) is 6.92 Å². The first-order valence-electron chi connectivity index (χ1n) is 8.04. The molecule has 2 heterocycles. The summed E-state index contributed by atoms with van der Waals surface area (Å²) in [6.45, 7) is 4.77. The Morgan fingerprint density at radius 2 is 1.78 bits per heavy atom. The van der Waals surface area contributed by atoms with Gasteiger partial charge in [-0.3, -0.25) is 0 Å². The fourth-order valence-electron chi connectivity index (χ4n) is 3.34. The van der Waals surface area contributed by atoms with Crippen molar-refractivity contribution >= 4 is 17.4 Å². The maximum atomic E-state index is 5.57. The van der Waals surface area contributed by atoms with Crippen molar-refractivity contribution in [3.8, 4) is 11.5 Å². The summed E-state index contributed by atoms with van der Waals surface area (Å²) in [5, 5.41) is 0. The Morgan fingerprint density at radius 3 is 2.61 bits per heavy atom. The van der Waals surface area contributed by atoms with E-state index in [-0.39, 0.29) is 0 Å². The highest BCUT2D eigenvalue weighted by atomic mass is 32.2. The van der Waals surface area contributed by atoms with E-state index in [1.807, 2.05) is 17.8 Å². The number of hydrogen-bond donors (Lipinski definition) is 0. The lowest BCUT2D eigenvalue weighted by atomic mass is 10.0. The van der Waals surface area contributed by atoms with Gasteiger partial charge in [-0.1, -0.05) is 29.8 Å². The summed E-state index contributed by atoms with van der Waals surface area (Å²) in [7, 11) is 0. The zero-order valence-corrected chi connectivity index (χ0v) is 14.3. The van der Waals surface area contributed by atoms with Crippen LogP contribution in [0.1, 0.15) is 24.1 Å². The monoisotopic (exact) mass is 327 g/mol. The molecule has 0 aromatic heterocycles. The van der Waals surface area contributed by atoms with E-state index in [9.17, 15) is 0 Å². The fraction of sp³-hybridized carbons (Fsp3) is 0.368. The molecule has 120 valence electrons. The summed E-state index contributed by atoms with van der Waals surface area (Å²) in [5.41, 5.74) is 3.90. The summed E-state index contributed by atoms with van der Waals surface area (Å²) in [4.78, 5) is 2.53. The molecule has 2 unspecified atom stereocenters. The maximum absolute atomic E-state index is 5.57. The van der Waals surface area contributed by atoms with Crippen LogP contribution in [-0.4, -0.2) is 24.3 Å². The van der Waals surface area contributed by atoms with Crippen molar-refractivity contribution in [3.05, 3.63) is 53.6 Å². The van der Waals surface area contributed by atoms with E-state index in [0.717, 1.165) is 23.0 Å². The van der Waals surface area contributed by atoms with Gasteiger partial charge in [0.15, 0.2) is 11.5 Å². The quantitative estimate of drug-likeness (QED) is 0.814. The van der Waals surface area contributed by atoms with Gasteiger partial charge in [0.25, 0.3) is 0 Å². The summed E-state index contributed by atoms with van der Waals surface area (Å²) in [6.07, 6.45) is 0. The van der Waals surface area contributed by atoms with Gasteiger partial charge in [-0.15, -0.1) is 0 Å². The predicted molar refractivity (Wildman–Crippen MR) is 95.8 cm³/mol. The van der Waals surface area contributed by atoms with E-state index < -0.39 is 0 Å². The average molecular weight is 327 g/mol. The number of fused-ring (bicyclic) bond motifs is 1. The van der Waals surface area contributed by atoms with Gasteiger partial charge in [-0.2, -0.15) is 11.8 Å². The summed E-state index contributed by atoms with van der Waals surface area (Å²) >= 11 is 2.04. The molecule has 23 heavy (non-hydrogen) atoms. The Labute approximate surface area is 141 Å². The minimum absolute atomic E-state index is 0.325. The first kappa shape index (κ1) is 14.8. The normalized spacial score (nSPS) is 23.1. The Hall–Kier alpha value is -1.81. The van der Waals surface area contributed by atoms with Crippen molar-refractivity contribution in [1.82, 2.24) is 0 Å². The average Bonchev–Trinajstić information content (AvgIpc) is 3.03. The number of benzene rings is 2. The molecular weight excluding hydrogens is 306 g/mol. The van der Waals surface area contributed by atoms with Crippen LogP contribution in [0.25, 0.3) is 0 Å². The first-order chi connectivity index (χ1) is 11.2. The highest BCUT2D eigenvalue weighted by Gasteiger charge is 2.30. The second kappa shape index (κ2) is 6.00. The highest BCUT2D eigenvalue weighted by molar-refractivity contribution is 7.99. The second-order valence-corrected chi connectivity index (χ2v) is 7.33. The Bertz CT molecular complexity index is 701. The molecular formula is C19H21NO2S. The molecule has 0 N–H and O–H groups in total. The molecule has 0 bridgehead atoms. The van der Waals surface area contributed by atoms with Gasteiger partial charge in [0.2, 0.25) is 6.79 Å². The number of rotatable bonds is 2. The molecule has 2 aliphatic rings. The van der Waals surface area contributed by atoms with Crippen LogP contribution in [0.15, 0.2) is 42.5 Å². The Morgan fingerprint density at radius 1 is 1.00 bits per heavy atom. The van der Waals surface area contributed by atoms with Crippen LogP contribution >= 0.6 is 11.8 Å². The largest absolute Gasteiger partial charge is 0.454 e. The SMILES string of the molecule is Cc1ccc(C2CSCC(C)N2c2ccc3c(c2)OCO3)cc1. The van der Waals surface area contributed by atoms with Crippen molar-refractivity contribution in [1.29, 1.82) is 0 Å². The zero-order chi connectivity index (χ0) is 15.8. The lowest BCUT2D eigenvalue weighted by Gasteiger charge is -2.42. The van der Waals surface area contributed by atoms with Gasteiger partial charge in [0.05, 0.1) is 6.04 Å². The molecule has 4 heteroatoms. The van der Waals surface area contributed by atoms with E-state index in [0.29, 0.717) is 18.9 Å². The van der Waals surface area contributed by atoms with Crippen LogP contribution in [0.4, 0.5) is 5.69 Å². The Balaban J connectivity index is 1.71. The van der Waals surface area contributed by atoms with E-state index in [1.165, 1.54) is 16.8 Å². The molecule has 2 aliphatic heterocycles. The van der Waals surface area contributed by atoms with E-state index >= 15 is 0 Å². The summed E-state index contributed by atoms with van der Waals surface area (Å²) < 4.78 is 11.0. The number of aryl methyl sites for hydroxylation is 1. The predicted octanol–water partition coefficient (Wildman–Crippen LogP) is 4.41. The number of anilines is 1. The lowest BCUT2D eigenvalue weighted by molar-refractivity contribution is 0.174. The van der Waals surface area contributed by atoms with Crippen LogP contribution < -0.4 is 14.4 Å². The molecule has 2 atom stereocenters. The van der Waals surface area contributed by atoms with Gasteiger partial charge in [-0.25, -0.2) is 0 Å². The topological polar surface area (TPSA) is 21.7 Å². The molecule has 0 saturated carbocycles. The highest BCUT2D eigenvalue weighted by Crippen LogP contribution is 2.41.